The summed E-state index contributed by atoms with van der Waals surface area (Å²) < 4.78 is 29.7. The van der Waals surface area contributed by atoms with Gasteiger partial charge in [0.05, 0.1) is 12.9 Å². The maximum atomic E-state index is 9.33. The molecular weight excluding hydrogens is 220 g/mol. The summed E-state index contributed by atoms with van der Waals surface area (Å²) in [6, 6.07) is 0. The van der Waals surface area contributed by atoms with Crippen LogP contribution in [0.2, 0.25) is 0 Å². The van der Waals surface area contributed by atoms with Crippen molar-refractivity contribution in [1.29, 1.82) is 0 Å². The fourth-order valence-corrected chi connectivity index (χ4v) is 1.18. The Bertz CT molecular complexity index is 311. The summed E-state index contributed by atoms with van der Waals surface area (Å²) in [6.45, 7) is 1.17. The first kappa shape index (κ1) is 14.2. The molecule has 6 nitrogen and oxygen atoms in total. The molecule has 90 valence electrons. The molecule has 0 unspecified atom stereocenters. The van der Waals surface area contributed by atoms with Gasteiger partial charge in [0.25, 0.3) is 0 Å². The first-order valence-electron chi connectivity index (χ1n) is 4.39. The van der Waals surface area contributed by atoms with E-state index in [2.05, 4.69) is 41.2 Å². The summed E-state index contributed by atoms with van der Waals surface area (Å²) in [5.74, 6) is 1.34. The van der Waals surface area contributed by atoms with Crippen molar-refractivity contribution < 1.29 is 17.2 Å². The van der Waals surface area contributed by atoms with E-state index in [1.54, 1.807) is 0 Å². The first-order valence-corrected chi connectivity index (χ1v) is 5.76. The number of rotatable bonds is 2. The monoisotopic (exact) mass is 238 g/mol. The quantitative estimate of drug-likeness (QED) is 0.691. The fraction of sp³-hybridized carbons (Fsp3) is 0.750. The van der Waals surface area contributed by atoms with Crippen LogP contribution in [0, 0.1) is 0 Å². The average Bonchev–Trinajstić information content (AvgIpc) is 2.51. The molecule has 0 saturated carbocycles. The zero-order valence-electron chi connectivity index (χ0n) is 9.47. The van der Waals surface area contributed by atoms with Gasteiger partial charge >= 0.3 is 10.4 Å². The molecule has 0 bridgehead atoms. The van der Waals surface area contributed by atoms with Gasteiger partial charge in [-0.3, -0.25) is 8.74 Å². The van der Waals surface area contributed by atoms with E-state index in [0.29, 0.717) is 0 Å². The van der Waals surface area contributed by atoms with Gasteiger partial charge in [-0.25, -0.2) is 0 Å². The van der Waals surface area contributed by atoms with Gasteiger partial charge in [0, 0.05) is 27.7 Å². The zero-order valence-corrected chi connectivity index (χ0v) is 10.3. The van der Waals surface area contributed by atoms with E-state index in [1.807, 2.05) is 0 Å². The fourth-order valence-electron chi connectivity index (χ4n) is 1.18. The largest absolute Gasteiger partial charge is 0.397 e. The Morgan fingerprint density at radius 3 is 2.13 bits per heavy atom. The molecule has 0 aromatic heterocycles. The van der Waals surface area contributed by atoms with Gasteiger partial charge in [0.1, 0.15) is 0 Å². The number of nitrogens with zero attached hydrogens (tertiary/aromatic N) is 2. The van der Waals surface area contributed by atoms with E-state index in [0.717, 1.165) is 7.11 Å². The molecule has 0 fully saturated rings. The smallest absolute Gasteiger partial charge is 0.365 e. The molecule has 0 spiro atoms. The summed E-state index contributed by atoms with van der Waals surface area (Å²) in [5.41, 5.74) is 0. The number of hydrogen-bond acceptors (Lipinski definition) is 5. The lowest BCUT2D eigenvalue weighted by Crippen LogP contribution is -2.24. The van der Waals surface area contributed by atoms with E-state index < -0.39 is 10.4 Å². The van der Waals surface area contributed by atoms with Crippen molar-refractivity contribution in [2.24, 2.45) is 0 Å². The minimum atomic E-state index is -4.16. The standard InChI is InChI=1S/C7H14N2.CH4O4S/c1-8(2)7-5-4-6-9(7)3;1-5-6(2,3)4/h5H,4,6H2,1-3H3;1H3,(H,2,3,4). The SMILES string of the molecule is CN(C)C1=CCCN1C.COS(=O)(=O)O. The lowest BCUT2D eigenvalue weighted by atomic mass is 10.5. The van der Waals surface area contributed by atoms with Gasteiger partial charge in [-0.05, 0) is 12.5 Å². The summed E-state index contributed by atoms with van der Waals surface area (Å²) >= 11 is 0. The van der Waals surface area contributed by atoms with Gasteiger partial charge in [0.2, 0.25) is 0 Å². The zero-order chi connectivity index (χ0) is 12.1. The van der Waals surface area contributed by atoms with Crippen molar-refractivity contribution in [3.63, 3.8) is 0 Å². The Morgan fingerprint density at radius 1 is 1.53 bits per heavy atom. The van der Waals surface area contributed by atoms with Crippen LogP contribution in [0.5, 0.6) is 0 Å². The molecule has 0 amide bonds. The van der Waals surface area contributed by atoms with Gasteiger partial charge in [-0.1, -0.05) is 0 Å². The van der Waals surface area contributed by atoms with E-state index >= 15 is 0 Å². The Balaban J connectivity index is 0.000000288. The van der Waals surface area contributed by atoms with Crippen LogP contribution in [-0.4, -0.2) is 57.6 Å². The van der Waals surface area contributed by atoms with Crippen LogP contribution >= 0.6 is 0 Å². The molecule has 15 heavy (non-hydrogen) atoms. The lowest BCUT2D eigenvalue weighted by molar-refractivity contribution is 0.324. The van der Waals surface area contributed by atoms with Gasteiger partial charge in [-0.2, -0.15) is 8.42 Å². The predicted molar refractivity (Wildman–Crippen MR) is 57.6 cm³/mol. The Kier molecular flexibility index (Phi) is 5.63. The Hall–Kier alpha value is -0.790. The third-order valence-electron chi connectivity index (χ3n) is 1.85. The molecule has 0 aromatic rings. The molecule has 0 radical (unpaired) electrons. The highest BCUT2D eigenvalue weighted by molar-refractivity contribution is 7.80. The molecule has 0 aliphatic carbocycles. The Labute approximate surface area is 91.1 Å². The molecule has 0 saturated heterocycles. The highest BCUT2D eigenvalue weighted by Crippen LogP contribution is 2.12. The highest BCUT2D eigenvalue weighted by Gasteiger charge is 2.10. The van der Waals surface area contributed by atoms with Crippen molar-refractivity contribution >= 4 is 10.4 Å². The molecule has 0 aromatic carbocycles. The second kappa shape index (κ2) is 5.94. The minimum absolute atomic E-state index is 0.870. The second-order valence-corrected chi connectivity index (χ2v) is 4.45. The minimum Gasteiger partial charge on any atom is -0.365 e. The van der Waals surface area contributed by atoms with Crippen LogP contribution in [0.1, 0.15) is 6.42 Å². The van der Waals surface area contributed by atoms with E-state index in [4.69, 9.17) is 4.55 Å². The predicted octanol–water partition coefficient (Wildman–Crippen LogP) is 0.161. The summed E-state index contributed by atoms with van der Waals surface area (Å²) in [7, 11) is 2.99. The topological polar surface area (TPSA) is 70.1 Å². The van der Waals surface area contributed by atoms with Crippen LogP contribution in [0.25, 0.3) is 0 Å². The van der Waals surface area contributed by atoms with Crippen LogP contribution in [0.3, 0.4) is 0 Å². The molecule has 7 heteroatoms. The number of hydrogen-bond donors (Lipinski definition) is 1. The van der Waals surface area contributed by atoms with Crippen molar-refractivity contribution in [3.05, 3.63) is 11.9 Å². The van der Waals surface area contributed by atoms with E-state index in [-0.39, 0.29) is 0 Å². The van der Waals surface area contributed by atoms with Gasteiger partial charge in [-0.15, -0.1) is 0 Å². The maximum Gasteiger partial charge on any atom is 0.397 e. The van der Waals surface area contributed by atoms with Gasteiger partial charge in [0.15, 0.2) is 0 Å². The molecule has 1 N–H and O–H groups in total. The van der Waals surface area contributed by atoms with Crippen LogP contribution in [0.4, 0.5) is 0 Å². The summed E-state index contributed by atoms with van der Waals surface area (Å²) in [5, 5.41) is 0. The molecule has 1 aliphatic rings. The molecule has 1 rings (SSSR count). The van der Waals surface area contributed by atoms with Crippen molar-refractivity contribution in [3.8, 4) is 0 Å². The summed E-state index contributed by atoms with van der Waals surface area (Å²) in [4.78, 5) is 4.41. The van der Waals surface area contributed by atoms with Crippen molar-refractivity contribution in [2.45, 2.75) is 6.42 Å². The summed E-state index contributed by atoms with van der Waals surface area (Å²) in [6.07, 6.45) is 3.46. The average molecular weight is 238 g/mol. The molecular formula is C8H18N2O4S. The van der Waals surface area contributed by atoms with Crippen molar-refractivity contribution in [1.82, 2.24) is 9.80 Å². The second-order valence-electron chi connectivity index (χ2n) is 3.26. The van der Waals surface area contributed by atoms with Crippen LogP contribution in [-0.2, 0) is 14.6 Å². The highest BCUT2D eigenvalue weighted by atomic mass is 32.3. The molecule has 0 atom stereocenters. The van der Waals surface area contributed by atoms with Crippen LogP contribution in [0.15, 0.2) is 11.9 Å². The van der Waals surface area contributed by atoms with E-state index in [1.165, 1.54) is 18.8 Å². The normalized spacial score (nSPS) is 15.5. The molecule has 1 aliphatic heterocycles. The molecule has 1 heterocycles. The van der Waals surface area contributed by atoms with Crippen molar-refractivity contribution in [2.75, 3.05) is 34.8 Å². The van der Waals surface area contributed by atoms with E-state index in [9.17, 15) is 8.42 Å². The maximum absolute atomic E-state index is 9.33. The van der Waals surface area contributed by atoms with Gasteiger partial charge < -0.3 is 9.80 Å². The lowest BCUT2D eigenvalue weighted by Gasteiger charge is -2.22. The Morgan fingerprint density at radius 2 is 2.00 bits per heavy atom. The third kappa shape index (κ3) is 6.32. The first-order chi connectivity index (χ1) is 6.78. The van der Waals surface area contributed by atoms with Crippen LogP contribution < -0.4 is 0 Å². The third-order valence-corrected chi connectivity index (χ3v) is 2.27.